The van der Waals surface area contributed by atoms with Gasteiger partial charge in [-0.2, -0.15) is 15.4 Å². The minimum absolute atomic E-state index is 0.0101. The molecule has 0 fully saturated rings. The number of H-pyrrole nitrogens is 1. The summed E-state index contributed by atoms with van der Waals surface area (Å²) in [7, 11) is 0. The number of aromatic hydroxyl groups is 1. The number of hydrogen-bond donors (Lipinski definition) is 3. The summed E-state index contributed by atoms with van der Waals surface area (Å²) in [6.07, 6.45) is 0. The Morgan fingerprint density at radius 3 is 2.60 bits per heavy atom. The Balaban J connectivity index is 2.44. The summed E-state index contributed by atoms with van der Waals surface area (Å²) in [6, 6.07) is 5.20. The van der Waals surface area contributed by atoms with Gasteiger partial charge in [0.25, 0.3) is 5.91 Å². The molecular weight excluding hydrogens is 258 g/mol. The zero-order chi connectivity index (χ0) is 14.7. The molecule has 1 heterocycles. The first-order valence-corrected chi connectivity index (χ1v) is 6.37. The Labute approximate surface area is 116 Å². The van der Waals surface area contributed by atoms with E-state index in [1.807, 2.05) is 19.9 Å². The monoisotopic (exact) mass is 275 g/mol. The summed E-state index contributed by atoms with van der Waals surface area (Å²) >= 11 is 0. The zero-order valence-electron chi connectivity index (χ0n) is 11.4. The second-order valence-corrected chi connectivity index (χ2v) is 4.26. The number of hydrogen-bond acceptors (Lipinski definition) is 5. The molecule has 1 aromatic heterocycles. The van der Waals surface area contributed by atoms with Crippen LogP contribution in [0, 0.1) is 0 Å². The van der Waals surface area contributed by atoms with Crippen molar-refractivity contribution in [3.05, 3.63) is 23.9 Å². The molecule has 7 nitrogen and oxygen atoms in total. The van der Waals surface area contributed by atoms with Gasteiger partial charge in [0.05, 0.1) is 0 Å². The molecule has 0 aliphatic carbocycles. The summed E-state index contributed by atoms with van der Waals surface area (Å²) < 4.78 is 0. The third-order valence-corrected chi connectivity index (χ3v) is 3.15. The van der Waals surface area contributed by atoms with E-state index in [0.717, 1.165) is 18.8 Å². The lowest BCUT2D eigenvalue weighted by Crippen LogP contribution is -2.21. The highest BCUT2D eigenvalue weighted by Gasteiger charge is 2.18. The fourth-order valence-corrected chi connectivity index (χ4v) is 2.10. The summed E-state index contributed by atoms with van der Waals surface area (Å²) in [5.74, 6) is -0.660. The largest absolute Gasteiger partial charge is 0.507 e. The molecule has 0 unspecified atom stereocenters. The maximum Gasteiger partial charge on any atom is 0.271 e. The first kappa shape index (κ1) is 13.9. The maximum absolute atomic E-state index is 11.2. The minimum atomic E-state index is -0.694. The average Bonchev–Trinajstić information content (AvgIpc) is 2.89. The third kappa shape index (κ3) is 2.42. The van der Waals surface area contributed by atoms with Gasteiger partial charge in [-0.1, -0.05) is 0 Å². The second kappa shape index (κ2) is 5.60. The van der Waals surface area contributed by atoms with Crippen molar-refractivity contribution in [3.63, 3.8) is 0 Å². The molecule has 2 rings (SSSR count). The van der Waals surface area contributed by atoms with Crippen molar-refractivity contribution in [2.45, 2.75) is 13.8 Å². The van der Waals surface area contributed by atoms with Gasteiger partial charge in [-0.25, -0.2) is 0 Å². The van der Waals surface area contributed by atoms with Crippen molar-refractivity contribution < 1.29 is 9.90 Å². The number of nitrogens with two attached hydrogens (primary N) is 1. The van der Waals surface area contributed by atoms with Gasteiger partial charge in [0, 0.05) is 30.4 Å². The standard InChI is InChI=1S/C13H17N5O2/c1-3-18(4-2)8-5-6-9(10(19)7-8)11-12(13(14)20)16-17-15-11/h5-7,19H,3-4H2,1-2H3,(H2,14,20)(H,15,16,17). The molecule has 0 radical (unpaired) electrons. The molecule has 0 saturated carbocycles. The number of rotatable bonds is 5. The van der Waals surface area contributed by atoms with Gasteiger partial charge in [-0.3, -0.25) is 4.79 Å². The number of aromatic amines is 1. The van der Waals surface area contributed by atoms with Crippen molar-refractivity contribution in [1.82, 2.24) is 15.4 Å². The van der Waals surface area contributed by atoms with Crippen LogP contribution in [0.1, 0.15) is 24.3 Å². The van der Waals surface area contributed by atoms with Crippen LogP contribution in [0.15, 0.2) is 18.2 Å². The van der Waals surface area contributed by atoms with Crippen LogP contribution in [0.4, 0.5) is 5.69 Å². The highest BCUT2D eigenvalue weighted by molar-refractivity contribution is 5.97. The molecule has 1 amide bonds. The van der Waals surface area contributed by atoms with Crippen LogP contribution < -0.4 is 10.6 Å². The van der Waals surface area contributed by atoms with Gasteiger partial charge in [-0.15, -0.1) is 0 Å². The summed E-state index contributed by atoms with van der Waals surface area (Å²) in [5, 5.41) is 20.1. The van der Waals surface area contributed by atoms with Gasteiger partial charge in [0.15, 0.2) is 5.69 Å². The molecule has 106 valence electrons. The molecular formula is C13H17N5O2. The lowest BCUT2D eigenvalue weighted by molar-refractivity contribution is 0.0996. The van der Waals surface area contributed by atoms with Gasteiger partial charge < -0.3 is 15.7 Å². The van der Waals surface area contributed by atoms with Crippen LogP contribution in [0.3, 0.4) is 0 Å². The minimum Gasteiger partial charge on any atom is -0.507 e. The zero-order valence-corrected chi connectivity index (χ0v) is 11.4. The Hall–Kier alpha value is -2.57. The lowest BCUT2D eigenvalue weighted by atomic mass is 10.1. The molecule has 0 atom stereocenters. The van der Waals surface area contributed by atoms with E-state index in [4.69, 9.17) is 5.73 Å². The first-order chi connectivity index (χ1) is 9.58. The molecule has 2 aromatic rings. The number of carbonyl (C=O) groups excluding carboxylic acids is 1. The van der Waals surface area contributed by atoms with Crippen LogP contribution in [-0.4, -0.2) is 39.5 Å². The topological polar surface area (TPSA) is 108 Å². The Kier molecular flexibility index (Phi) is 3.88. The number of aromatic nitrogens is 3. The van der Waals surface area contributed by atoms with Crippen molar-refractivity contribution in [1.29, 1.82) is 0 Å². The SMILES string of the molecule is CCN(CC)c1ccc(-c2n[nH]nc2C(N)=O)c(O)c1. The Morgan fingerprint density at radius 2 is 2.05 bits per heavy atom. The first-order valence-electron chi connectivity index (χ1n) is 6.37. The molecule has 7 heteroatoms. The van der Waals surface area contributed by atoms with E-state index in [1.54, 1.807) is 12.1 Å². The van der Waals surface area contributed by atoms with E-state index >= 15 is 0 Å². The van der Waals surface area contributed by atoms with Crippen molar-refractivity contribution >= 4 is 11.6 Å². The van der Waals surface area contributed by atoms with Crippen LogP contribution in [0.25, 0.3) is 11.3 Å². The van der Waals surface area contributed by atoms with Crippen LogP contribution in [-0.2, 0) is 0 Å². The molecule has 0 bridgehead atoms. The predicted octanol–water partition coefficient (Wildman–Crippen LogP) is 1.12. The van der Waals surface area contributed by atoms with Gasteiger partial charge in [0.1, 0.15) is 11.4 Å². The Morgan fingerprint density at radius 1 is 1.35 bits per heavy atom. The number of primary amides is 1. The smallest absolute Gasteiger partial charge is 0.271 e. The molecule has 0 spiro atoms. The van der Waals surface area contributed by atoms with E-state index in [0.29, 0.717) is 5.56 Å². The number of amides is 1. The lowest BCUT2D eigenvalue weighted by Gasteiger charge is -2.21. The summed E-state index contributed by atoms with van der Waals surface area (Å²) in [6.45, 7) is 5.76. The molecule has 0 aliphatic heterocycles. The molecule has 1 aromatic carbocycles. The van der Waals surface area contributed by atoms with Crippen LogP contribution >= 0.6 is 0 Å². The normalized spacial score (nSPS) is 10.5. The highest BCUT2D eigenvalue weighted by atomic mass is 16.3. The van der Waals surface area contributed by atoms with E-state index in [9.17, 15) is 9.90 Å². The van der Waals surface area contributed by atoms with Crippen LogP contribution in [0.2, 0.25) is 0 Å². The number of nitrogens with zero attached hydrogens (tertiary/aromatic N) is 3. The summed E-state index contributed by atoms with van der Waals surface area (Å²) in [5.41, 5.74) is 6.80. The molecule has 0 aliphatic rings. The molecule has 0 saturated heterocycles. The second-order valence-electron chi connectivity index (χ2n) is 4.26. The quantitative estimate of drug-likeness (QED) is 0.757. The van der Waals surface area contributed by atoms with Gasteiger partial charge >= 0.3 is 0 Å². The van der Waals surface area contributed by atoms with Crippen LogP contribution in [0.5, 0.6) is 5.75 Å². The van der Waals surface area contributed by atoms with Gasteiger partial charge in [-0.05, 0) is 26.0 Å². The molecule has 4 N–H and O–H groups in total. The summed E-state index contributed by atoms with van der Waals surface area (Å²) in [4.78, 5) is 13.3. The number of nitrogens with one attached hydrogen (secondary N) is 1. The van der Waals surface area contributed by atoms with E-state index in [2.05, 4.69) is 20.3 Å². The predicted molar refractivity (Wildman–Crippen MR) is 75.6 cm³/mol. The van der Waals surface area contributed by atoms with Crippen molar-refractivity contribution in [3.8, 4) is 17.0 Å². The van der Waals surface area contributed by atoms with Crippen molar-refractivity contribution in [2.24, 2.45) is 5.73 Å². The maximum atomic E-state index is 11.2. The highest BCUT2D eigenvalue weighted by Crippen LogP contribution is 2.32. The number of phenols is 1. The Bertz CT molecular complexity index is 619. The van der Waals surface area contributed by atoms with E-state index in [-0.39, 0.29) is 17.1 Å². The average molecular weight is 275 g/mol. The number of anilines is 1. The van der Waals surface area contributed by atoms with E-state index in [1.165, 1.54) is 0 Å². The number of phenolic OH excluding ortho intramolecular Hbond substituents is 1. The molecule has 20 heavy (non-hydrogen) atoms. The fraction of sp³-hybridized carbons (Fsp3) is 0.308. The fourth-order valence-electron chi connectivity index (χ4n) is 2.10. The van der Waals surface area contributed by atoms with E-state index < -0.39 is 5.91 Å². The number of benzene rings is 1. The van der Waals surface area contributed by atoms with Crippen molar-refractivity contribution in [2.75, 3.05) is 18.0 Å². The number of carbonyl (C=O) groups is 1. The third-order valence-electron chi connectivity index (χ3n) is 3.15. The van der Waals surface area contributed by atoms with Gasteiger partial charge in [0.2, 0.25) is 0 Å².